The molecule has 4 N–H and O–H groups in total. The molecule has 1 rings (SSSR count). The molecule has 6 heteroatoms. The molecule has 5 nitrogen and oxygen atoms in total. The Balaban J connectivity index is 3.36. The van der Waals surface area contributed by atoms with E-state index in [2.05, 4.69) is 21.2 Å². The number of nitrogens with one attached hydrogen (secondary N) is 1. The molecule has 0 bridgehead atoms. The van der Waals surface area contributed by atoms with Gasteiger partial charge in [-0.25, -0.2) is 0 Å². The third kappa shape index (κ3) is 5.47. The van der Waals surface area contributed by atoms with Gasteiger partial charge in [0.05, 0.1) is 20.4 Å². The fraction of sp³-hybridized carbons (Fsp3) is 0.467. The average molecular weight is 358 g/mol. The first kappa shape index (κ1) is 16.0. The summed E-state index contributed by atoms with van der Waals surface area (Å²) in [6, 6.07) is 2.99. The lowest BCUT2D eigenvalue weighted by molar-refractivity contribution is -0.137. The van der Waals surface area contributed by atoms with Gasteiger partial charge in [0.25, 0.3) is 0 Å². The lowest BCUT2D eigenvalue weighted by Gasteiger charge is -2.23. The number of rotatable bonds is 5. The van der Waals surface area contributed by atoms with E-state index in [4.69, 9.17) is 12.2 Å². The van der Waals surface area contributed by atoms with Gasteiger partial charge in [-0.1, -0.05) is 42.8 Å². The number of carbonyl (C=O) groups is 2. The number of amides is 1. The maximum Gasteiger partial charge on any atom is 0.305 e. The molecule has 116 valence electrons. The largest absolute Gasteiger partial charge is 0.481 e. The van der Waals surface area contributed by atoms with Gasteiger partial charge in [-0.3, -0.25) is 9.59 Å². The Kier molecular flexibility index (Phi) is 5.36. The molecule has 1 aromatic rings. The fourth-order valence-corrected chi connectivity index (χ4v) is 2.32. The van der Waals surface area contributed by atoms with E-state index in [0.29, 0.717) is 10.0 Å². The molecule has 0 spiro atoms. The number of benzene rings is 1. The van der Waals surface area contributed by atoms with Gasteiger partial charge >= 0.3 is 5.97 Å². The van der Waals surface area contributed by atoms with Gasteiger partial charge in [-0.05, 0) is 28.7 Å². The van der Waals surface area contributed by atoms with Crippen molar-refractivity contribution in [2.24, 2.45) is 5.73 Å². The van der Waals surface area contributed by atoms with Crippen LogP contribution < -0.4 is 11.1 Å². The second-order valence-corrected chi connectivity index (χ2v) is 6.70. The molecular formula is C15H21BrN2O3. The van der Waals surface area contributed by atoms with Gasteiger partial charge in [-0.2, -0.15) is 0 Å². The van der Waals surface area contributed by atoms with E-state index in [1.165, 1.54) is 0 Å². The predicted octanol–water partition coefficient (Wildman–Crippen LogP) is 2.34. The van der Waals surface area contributed by atoms with E-state index >= 15 is 0 Å². The first-order valence-corrected chi connectivity index (χ1v) is 7.37. The van der Waals surface area contributed by atoms with E-state index in [9.17, 15) is 9.59 Å². The highest BCUT2D eigenvalue weighted by Crippen LogP contribution is 2.30. The number of carboxylic acids is 1. The number of halogens is 1. The Bertz CT molecular complexity index is 585. The first-order valence-electron chi connectivity index (χ1n) is 7.08. The van der Waals surface area contributed by atoms with Crippen molar-refractivity contribution in [1.29, 1.82) is 0 Å². The van der Waals surface area contributed by atoms with Crippen LogP contribution in [-0.4, -0.2) is 23.5 Å². The Labute approximate surface area is 134 Å². The number of nitrogens with two attached hydrogens (primary N) is 1. The van der Waals surface area contributed by atoms with Crippen molar-refractivity contribution in [3.8, 4) is 0 Å². The lowest BCUT2D eigenvalue weighted by Crippen LogP contribution is -2.35. The van der Waals surface area contributed by atoms with Crippen molar-refractivity contribution in [3.05, 3.63) is 33.8 Å². The van der Waals surface area contributed by atoms with Crippen LogP contribution in [0.15, 0.2) is 22.6 Å². The Morgan fingerprint density at radius 3 is 2.57 bits per heavy atom. The lowest BCUT2D eigenvalue weighted by atomic mass is 9.85. The molecule has 0 aliphatic rings. The van der Waals surface area contributed by atoms with Crippen LogP contribution in [0.3, 0.4) is 0 Å². The van der Waals surface area contributed by atoms with E-state index in [0.717, 1.165) is 5.56 Å². The molecule has 0 heterocycles. The summed E-state index contributed by atoms with van der Waals surface area (Å²) in [6.45, 7) is 5.83. The Morgan fingerprint density at radius 1 is 1.48 bits per heavy atom. The molecule has 0 aliphatic carbocycles. The fourth-order valence-electron chi connectivity index (χ4n) is 1.84. The minimum Gasteiger partial charge on any atom is -0.481 e. The van der Waals surface area contributed by atoms with Crippen molar-refractivity contribution in [1.82, 2.24) is 5.32 Å². The number of carboxylic acid groups (broad SMARTS) is 1. The highest BCUT2D eigenvalue weighted by molar-refractivity contribution is 9.10. The molecule has 0 aliphatic heterocycles. The third-order valence-electron chi connectivity index (χ3n) is 3.00. The highest BCUT2D eigenvalue weighted by Gasteiger charge is 2.21. The minimum absolute atomic E-state index is 0.163. The number of aliphatic carboxylic acids is 1. The van der Waals surface area contributed by atoms with Crippen LogP contribution in [0.1, 0.15) is 45.7 Å². The van der Waals surface area contributed by atoms with Gasteiger partial charge in [0, 0.05) is 4.47 Å². The molecule has 1 unspecified atom stereocenters. The summed E-state index contributed by atoms with van der Waals surface area (Å²) >= 11 is 3.33. The number of hydrogen-bond donors (Lipinski definition) is 3. The molecule has 0 aromatic heterocycles. The molecular weight excluding hydrogens is 336 g/mol. The number of carbonyl (C=O) groups excluding carboxylic acids is 1. The summed E-state index contributed by atoms with van der Waals surface area (Å²) in [7, 11) is 0. The monoisotopic (exact) mass is 357 g/mol. The summed E-state index contributed by atoms with van der Waals surface area (Å²) in [5, 5.41) is 11.6. The molecule has 0 saturated heterocycles. The quantitative estimate of drug-likeness (QED) is 0.753. The normalized spacial score (nSPS) is 13.5. The van der Waals surface area contributed by atoms with Gasteiger partial charge in [0.2, 0.25) is 5.91 Å². The van der Waals surface area contributed by atoms with Crippen LogP contribution in [0.5, 0.6) is 0 Å². The van der Waals surface area contributed by atoms with Crippen LogP contribution >= 0.6 is 15.9 Å². The molecule has 1 amide bonds. The predicted molar refractivity (Wildman–Crippen MR) is 85.0 cm³/mol. The molecule has 0 fully saturated rings. The van der Waals surface area contributed by atoms with Gasteiger partial charge < -0.3 is 16.2 Å². The van der Waals surface area contributed by atoms with E-state index < -0.39 is 17.9 Å². The summed E-state index contributed by atoms with van der Waals surface area (Å²) in [6.07, 6.45) is -0.308. The summed E-state index contributed by atoms with van der Waals surface area (Å²) in [5.41, 5.74) is 6.52. The standard InChI is InChI=1S/C15H21BrN2O3/c1-15(2,3)10-4-9(5-11(16)6-10)12(7-14(20)21)18-13(19)8-17/h4-6,12H,7-8,17H2,1-3H3,(H,18,19)(H,20,21)/i5D. The maximum absolute atomic E-state index is 11.6. The zero-order valence-corrected chi connectivity index (χ0v) is 14.0. The van der Waals surface area contributed by atoms with Crippen LogP contribution in [0.2, 0.25) is 0 Å². The first-order chi connectivity index (χ1) is 10.1. The van der Waals surface area contributed by atoms with Crippen LogP contribution in [0.25, 0.3) is 0 Å². The zero-order valence-electron chi connectivity index (χ0n) is 13.4. The minimum atomic E-state index is -1.06. The van der Waals surface area contributed by atoms with E-state index in [1.54, 1.807) is 6.07 Å². The van der Waals surface area contributed by atoms with Crippen LogP contribution in [-0.2, 0) is 15.0 Å². The zero-order chi connectivity index (χ0) is 17.1. The van der Waals surface area contributed by atoms with Crippen molar-refractivity contribution < 1.29 is 16.1 Å². The van der Waals surface area contributed by atoms with Gasteiger partial charge in [0.15, 0.2) is 0 Å². The van der Waals surface area contributed by atoms with Crippen molar-refractivity contribution >= 4 is 27.8 Å². The summed E-state index contributed by atoms with van der Waals surface area (Å²) in [4.78, 5) is 22.6. The summed E-state index contributed by atoms with van der Waals surface area (Å²) in [5.74, 6) is -1.51. The second kappa shape index (κ2) is 7.04. The van der Waals surface area contributed by atoms with Crippen LogP contribution in [0, 0.1) is 0 Å². The number of hydrogen-bond acceptors (Lipinski definition) is 3. The van der Waals surface area contributed by atoms with Crippen molar-refractivity contribution in [3.63, 3.8) is 0 Å². The topological polar surface area (TPSA) is 92.4 Å². The second-order valence-electron chi connectivity index (χ2n) is 5.84. The smallest absolute Gasteiger partial charge is 0.305 e. The molecule has 0 saturated carbocycles. The maximum atomic E-state index is 11.6. The molecule has 1 atom stereocenters. The van der Waals surface area contributed by atoms with E-state index in [-0.39, 0.29) is 24.4 Å². The Morgan fingerprint density at radius 2 is 2.10 bits per heavy atom. The van der Waals surface area contributed by atoms with Crippen molar-refractivity contribution in [2.45, 2.75) is 38.6 Å². The van der Waals surface area contributed by atoms with E-state index in [1.807, 2.05) is 26.8 Å². The average Bonchev–Trinajstić information content (AvgIpc) is 2.39. The summed E-state index contributed by atoms with van der Waals surface area (Å²) < 4.78 is 8.71. The third-order valence-corrected chi connectivity index (χ3v) is 3.42. The Hall–Kier alpha value is -1.40. The molecule has 0 radical (unpaired) electrons. The molecule has 21 heavy (non-hydrogen) atoms. The van der Waals surface area contributed by atoms with Crippen molar-refractivity contribution in [2.75, 3.05) is 6.54 Å². The highest BCUT2D eigenvalue weighted by atomic mass is 79.9. The van der Waals surface area contributed by atoms with Gasteiger partial charge in [0.1, 0.15) is 0 Å². The van der Waals surface area contributed by atoms with Gasteiger partial charge in [-0.15, -0.1) is 0 Å². The molecule has 1 aromatic carbocycles. The SMILES string of the molecule is [2H]c1c(Br)cc(C(C)(C)C)cc1C(CC(=O)O)NC(=O)CN. The van der Waals surface area contributed by atoms with Crippen LogP contribution in [0.4, 0.5) is 0 Å².